The molecule has 0 aliphatic carbocycles. The molecule has 0 aliphatic heterocycles. The lowest BCUT2D eigenvalue weighted by molar-refractivity contribution is 0.0697. The molecule has 0 fully saturated rings. The topological polar surface area (TPSA) is 72.2 Å². The van der Waals surface area contributed by atoms with Crippen molar-refractivity contribution in [1.82, 2.24) is 9.55 Å². The standard InChI is InChI=1S/C12H10N2O3/c1-8-11(15)14(7-6-13-8)10-4-2-9(3-5-10)12(16)17/h2-7H,1H3,(H,16,17). The quantitative estimate of drug-likeness (QED) is 0.842. The van der Waals surface area contributed by atoms with Gasteiger partial charge in [0.25, 0.3) is 5.56 Å². The van der Waals surface area contributed by atoms with Gasteiger partial charge >= 0.3 is 5.97 Å². The Morgan fingerprint density at radius 2 is 1.94 bits per heavy atom. The highest BCUT2D eigenvalue weighted by Gasteiger charge is 2.05. The van der Waals surface area contributed by atoms with Crippen LogP contribution in [0.15, 0.2) is 41.5 Å². The van der Waals surface area contributed by atoms with Crippen LogP contribution in [-0.2, 0) is 0 Å². The van der Waals surface area contributed by atoms with Gasteiger partial charge in [0.2, 0.25) is 0 Å². The fourth-order valence-electron chi connectivity index (χ4n) is 1.48. The van der Waals surface area contributed by atoms with E-state index in [1.54, 1.807) is 25.3 Å². The number of aromatic carboxylic acids is 1. The lowest BCUT2D eigenvalue weighted by atomic mass is 10.2. The average molecular weight is 230 g/mol. The number of carboxylic acids is 1. The Morgan fingerprint density at radius 1 is 1.29 bits per heavy atom. The van der Waals surface area contributed by atoms with E-state index in [9.17, 15) is 9.59 Å². The summed E-state index contributed by atoms with van der Waals surface area (Å²) in [5, 5.41) is 8.77. The van der Waals surface area contributed by atoms with Crippen molar-refractivity contribution in [2.45, 2.75) is 6.92 Å². The van der Waals surface area contributed by atoms with Gasteiger partial charge in [0.15, 0.2) is 0 Å². The van der Waals surface area contributed by atoms with Gasteiger partial charge in [-0.15, -0.1) is 0 Å². The third-order valence-electron chi connectivity index (χ3n) is 2.40. The van der Waals surface area contributed by atoms with E-state index in [0.29, 0.717) is 11.4 Å². The van der Waals surface area contributed by atoms with Crippen LogP contribution >= 0.6 is 0 Å². The molecule has 1 N–H and O–H groups in total. The minimum Gasteiger partial charge on any atom is -0.478 e. The van der Waals surface area contributed by atoms with Gasteiger partial charge in [-0.25, -0.2) is 4.79 Å². The van der Waals surface area contributed by atoms with Crippen molar-refractivity contribution in [3.05, 3.63) is 58.3 Å². The van der Waals surface area contributed by atoms with Gasteiger partial charge in [0.05, 0.1) is 5.56 Å². The first-order valence-corrected chi connectivity index (χ1v) is 4.97. The van der Waals surface area contributed by atoms with Crippen LogP contribution in [0.4, 0.5) is 0 Å². The number of carboxylic acid groups (broad SMARTS) is 1. The van der Waals surface area contributed by atoms with Crippen LogP contribution in [0.1, 0.15) is 16.1 Å². The average Bonchev–Trinajstić information content (AvgIpc) is 2.33. The molecule has 0 bridgehead atoms. The number of aromatic nitrogens is 2. The summed E-state index contributed by atoms with van der Waals surface area (Å²) in [6.45, 7) is 1.63. The SMILES string of the molecule is Cc1nccn(-c2ccc(C(=O)O)cc2)c1=O. The Labute approximate surface area is 97.0 Å². The third-order valence-corrected chi connectivity index (χ3v) is 2.40. The number of carbonyl (C=O) groups is 1. The van der Waals surface area contributed by atoms with E-state index in [4.69, 9.17) is 5.11 Å². The Morgan fingerprint density at radius 3 is 2.53 bits per heavy atom. The summed E-state index contributed by atoms with van der Waals surface area (Å²) in [6.07, 6.45) is 3.08. The number of hydrogen-bond acceptors (Lipinski definition) is 3. The maximum absolute atomic E-state index is 11.8. The summed E-state index contributed by atoms with van der Waals surface area (Å²) in [5.74, 6) is -0.991. The molecular formula is C12H10N2O3. The Hall–Kier alpha value is -2.43. The summed E-state index contributed by atoms with van der Waals surface area (Å²) in [6, 6.07) is 6.09. The zero-order valence-electron chi connectivity index (χ0n) is 9.12. The smallest absolute Gasteiger partial charge is 0.335 e. The molecule has 0 saturated heterocycles. The third kappa shape index (κ3) is 2.08. The number of nitrogens with zero attached hydrogens (tertiary/aromatic N) is 2. The van der Waals surface area contributed by atoms with Gasteiger partial charge in [-0.05, 0) is 31.2 Å². The molecule has 0 atom stereocenters. The minimum atomic E-state index is -0.991. The van der Waals surface area contributed by atoms with Crippen LogP contribution in [0.2, 0.25) is 0 Å². The molecule has 1 heterocycles. The van der Waals surface area contributed by atoms with Gasteiger partial charge in [-0.3, -0.25) is 14.3 Å². The van der Waals surface area contributed by atoms with E-state index >= 15 is 0 Å². The number of hydrogen-bond donors (Lipinski definition) is 1. The van der Waals surface area contributed by atoms with Crippen LogP contribution < -0.4 is 5.56 Å². The molecule has 86 valence electrons. The lowest BCUT2D eigenvalue weighted by Crippen LogP contribution is -2.20. The van der Waals surface area contributed by atoms with Crippen molar-refractivity contribution in [3.8, 4) is 5.69 Å². The molecule has 1 aromatic carbocycles. The molecule has 0 amide bonds. The number of rotatable bonds is 2. The number of aryl methyl sites for hydroxylation is 1. The summed E-state index contributed by atoms with van der Waals surface area (Å²) in [7, 11) is 0. The molecule has 2 aromatic rings. The van der Waals surface area contributed by atoms with Crippen LogP contribution in [-0.4, -0.2) is 20.6 Å². The van der Waals surface area contributed by atoms with Gasteiger partial charge < -0.3 is 5.11 Å². The van der Waals surface area contributed by atoms with E-state index in [0.717, 1.165) is 0 Å². The molecule has 0 saturated carbocycles. The Balaban J connectivity index is 2.51. The van der Waals surface area contributed by atoms with Gasteiger partial charge in [0.1, 0.15) is 5.69 Å². The Kier molecular flexibility index (Phi) is 2.74. The molecule has 1 aromatic heterocycles. The number of benzene rings is 1. The summed E-state index contributed by atoms with van der Waals surface area (Å²) in [5.41, 5.74) is 0.989. The van der Waals surface area contributed by atoms with Crippen molar-refractivity contribution >= 4 is 5.97 Å². The highest BCUT2D eigenvalue weighted by atomic mass is 16.4. The summed E-state index contributed by atoms with van der Waals surface area (Å²) < 4.78 is 1.42. The minimum absolute atomic E-state index is 0.188. The molecular weight excluding hydrogens is 220 g/mol. The molecule has 2 rings (SSSR count). The maximum atomic E-state index is 11.8. The predicted molar refractivity (Wildman–Crippen MR) is 61.5 cm³/mol. The van der Waals surface area contributed by atoms with Crippen LogP contribution in [0, 0.1) is 6.92 Å². The summed E-state index contributed by atoms with van der Waals surface area (Å²) in [4.78, 5) is 26.3. The van der Waals surface area contributed by atoms with Crippen molar-refractivity contribution in [3.63, 3.8) is 0 Å². The zero-order valence-corrected chi connectivity index (χ0v) is 9.12. The first-order valence-electron chi connectivity index (χ1n) is 4.97. The molecule has 17 heavy (non-hydrogen) atoms. The highest BCUT2D eigenvalue weighted by Crippen LogP contribution is 2.07. The molecule has 0 aliphatic rings. The van der Waals surface area contributed by atoms with E-state index in [1.807, 2.05) is 0 Å². The van der Waals surface area contributed by atoms with E-state index in [1.165, 1.54) is 22.9 Å². The monoisotopic (exact) mass is 230 g/mol. The molecule has 0 radical (unpaired) electrons. The first-order chi connectivity index (χ1) is 8.09. The van der Waals surface area contributed by atoms with Crippen molar-refractivity contribution < 1.29 is 9.90 Å². The second kappa shape index (κ2) is 4.21. The highest BCUT2D eigenvalue weighted by molar-refractivity contribution is 5.87. The molecule has 5 heteroatoms. The second-order valence-electron chi connectivity index (χ2n) is 3.54. The van der Waals surface area contributed by atoms with Crippen molar-refractivity contribution in [2.75, 3.05) is 0 Å². The molecule has 0 unspecified atom stereocenters. The zero-order chi connectivity index (χ0) is 12.4. The van der Waals surface area contributed by atoms with Crippen molar-refractivity contribution in [1.29, 1.82) is 0 Å². The van der Waals surface area contributed by atoms with E-state index in [2.05, 4.69) is 4.98 Å². The fourth-order valence-corrected chi connectivity index (χ4v) is 1.48. The largest absolute Gasteiger partial charge is 0.478 e. The van der Waals surface area contributed by atoms with E-state index in [-0.39, 0.29) is 11.1 Å². The summed E-state index contributed by atoms with van der Waals surface area (Å²) >= 11 is 0. The van der Waals surface area contributed by atoms with Crippen LogP contribution in [0.3, 0.4) is 0 Å². The molecule has 0 spiro atoms. The van der Waals surface area contributed by atoms with Gasteiger partial charge in [-0.1, -0.05) is 0 Å². The normalized spacial score (nSPS) is 10.2. The predicted octanol–water partition coefficient (Wildman–Crippen LogP) is 1.24. The van der Waals surface area contributed by atoms with Crippen LogP contribution in [0.5, 0.6) is 0 Å². The molecule has 5 nitrogen and oxygen atoms in total. The van der Waals surface area contributed by atoms with Gasteiger partial charge in [0, 0.05) is 18.1 Å². The van der Waals surface area contributed by atoms with E-state index < -0.39 is 5.97 Å². The fraction of sp³-hybridized carbons (Fsp3) is 0.0833. The Bertz CT molecular complexity index is 614. The van der Waals surface area contributed by atoms with Crippen molar-refractivity contribution in [2.24, 2.45) is 0 Å². The van der Waals surface area contributed by atoms with Gasteiger partial charge in [-0.2, -0.15) is 0 Å². The first kappa shape index (κ1) is 11.1. The second-order valence-corrected chi connectivity index (χ2v) is 3.54. The van der Waals surface area contributed by atoms with Crippen LogP contribution in [0.25, 0.3) is 5.69 Å². The maximum Gasteiger partial charge on any atom is 0.335 e. The lowest BCUT2D eigenvalue weighted by Gasteiger charge is -2.05.